The van der Waals surface area contributed by atoms with Crippen LogP contribution in [0.25, 0.3) is 6.08 Å². The van der Waals surface area contributed by atoms with E-state index in [-0.39, 0.29) is 0 Å². The van der Waals surface area contributed by atoms with Gasteiger partial charge in [0.25, 0.3) is 6.47 Å². The maximum atomic E-state index is 10.3. The summed E-state index contributed by atoms with van der Waals surface area (Å²) < 4.78 is 4.89. The standard InChI is InChI=1S/C12H14O2/c1-9(2)6-11-5-4-10(3)7-12(11)14-8-13/h4-8H,1-3H3. The number of carbonyl (C=O) groups is 1. The van der Waals surface area contributed by atoms with Crippen LogP contribution < -0.4 is 4.74 Å². The van der Waals surface area contributed by atoms with E-state index in [1.807, 2.05) is 45.0 Å². The smallest absolute Gasteiger partial charge is 0.298 e. The van der Waals surface area contributed by atoms with Crippen LogP contribution in [0.15, 0.2) is 23.8 Å². The van der Waals surface area contributed by atoms with Gasteiger partial charge in [-0.25, -0.2) is 0 Å². The van der Waals surface area contributed by atoms with Crippen LogP contribution in [0.2, 0.25) is 0 Å². The summed E-state index contributed by atoms with van der Waals surface area (Å²) in [5, 5.41) is 0. The minimum atomic E-state index is 0.455. The Morgan fingerprint density at radius 3 is 2.64 bits per heavy atom. The zero-order chi connectivity index (χ0) is 10.6. The second-order valence-corrected chi connectivity index (χ2v) is 3.48. The van der Waals surface area contributed by atoms with Crippen LogP contribution in [0.1, 0.15) is 25.0 Å². The Labute approximate surface area is 84.2 Å². The topological polar surface area (TPSA) is 26.3 Å². The second-order valence-electron chi connectivity index (χ2n) is 3.48. The van der Waals surface area contributed by atoms with Crippen LogP contribution in [0.3, 0.4) is 0 Å². The fourth-order valence-corrected chi connectivity index (χ4v) is 1.23. The summed E-state index contributed by atoms with van der Waals surface area (Å²) in [7, 11) is 0. The summed E-state index contributed by atoms with van der Waals surface area (Å²) in [5.41, 5.74) is 3.18. The lowest BCUT2D eigenvalue weighted by molar-refractivity contribution is -0.120. The summed E-state index contributed by atoms with van der Waals surface area (Å²) in [4.78, 5) is 10.3. The third kappa shape index (κ3) is 2.73. The van der Waals surface area contributed by atoms with Gasteiger partial charge in [-0.1, -0.05) is 23.8 Å². The van der Waals surface area contributed by atoms with Gasteiger partial charge in [0.2, 0.25) is 0 Å². The van der Waals surface area contributed by atoms with E-state index in [4.69, 9.17) is 4.74 Å². The highest BCUT2D eigenvalue weighted by Gasteiger charge is 2.00. The van der Waals surface area contributed by atoms with Gasteiger partial charge in [-0.15, -0.1) is 0 Å². The second kappa shape index (κ2) is 4.61. The van der Waals surface area contributed by atoms with Crippen molar-refractivity contribution in [1.29, 1.82) is 0 Å². The normalized spacial score (nSPS) is 9.36. The third-order valence-electron chi connectivity index (χ3n) is 1.79. The highest BCUT2D eigenvalue weighted by atomic mass is 16.5. The predicted molar refractivity (Wildman–Crippen MR) is 57.2 cm³/mol. The lowest BCUT2D eigenvalue weighted by Gasteiger charge is -2.04. The van der Waals surface area contributed by atoms with Crippen LogP contribution in [0, 0.1) is 6.92 Å². The van der Waals surface area contributed by atoms with E-state index in [9.17, 15) is 4.79 Å². The van der Waals surface area contributed by atoms with E-state index in [1.165, 1.54) is 5.57 Å². The lowest BCUT2D eigenvalue weighted by Crippen LogP contribution is -1.92. The highest BCUT2D eigenvalue weighted by Crippen LogP contribution is 2.22. The molecule has 0 fully saturated rings. The van der Waals surface area contributed by atoms with Crippen molar-refractivity contribution in [1.82, 2.24) is 0 Å². The van der Waals surface area contributed by atoms with Crippen LogP contribution in [-0.2, 0) is 4.79 Å². The summed E-state index contributed by atoms with van der Waals surface area (Å²) >= 11 is 0. The number of hydrogen-bond donors (Lipinski definition) is 0. The van der Waals surface area contributed by atoms with Crippen molar-refractivity contribution in [3.05, 3.63) is 34.9 Å². The zero-order valence-electron chi connectivity index (χ0n) is 8.70. The molecule has 0 heterocycles. The molecule has 1 rings (SSSR count). The first-order valence-electron chi connectivity index (χ1n) is 4.49. The van der Waals surface area contributed by atoms with Gasteiger partial charge in [0.15, 0.2) is 0 Å². The fourth-order valence-electron chi connectivity index (χ4n) is 1.23. The van der Waals surface area contributed by atoms with E-state index < -0.39 is 0 Å². The summed E-state index contributed by atoms with van der Waals surface area (Å²) in [6.45, 7) is 6.43. The number of aryl methyl sites for hydroxylation is 1. The maximum Gasteiger partial charge on any atom is 0.298 e. The SMILES string of the molecule is CC(C)=Cc1ccc(C)cc1OC=O. The molecule has 0 saturated carbocycles. The first kappa shape index (κ1) is 10.5. The minimum absolute atomic E-state index is 0.455. The van der Waals surface area contributed by atoms with Gasteiger partial charge in [0.1, 0.15) is 5.75 Å². The number of allylic oxidation sites excluding steroid dienone is 1. The first-order chi connectivity index (χ1) is 6.63. The molecule has 0 radical (unpaired) electrons. The largest absolute Gasteiger partial charge is 0.428 e. The molecule has 2 nitrogen and oxygen atoms in total. The molecule has 0 spiro atoms. The number of ether oxygens (including phenoxy) is 1. The molecular weight excluding hydrogens is 176 g/mol. The molecule has 0 saturated heterocycles. The van der Waals surface area contributed by atoms with Gasteiger partial charge in [0.05, 0.1) is 0 Å². The molecule has 0 unspecified atom stereocenters. The fraction of sp³-hybridized carbons (Fsp3) is 0.250. The number of rotatable bonds is 3. The molecule has 1 aromatic rings. The Hall–Kier alpha value is -1.57. The molecule has 14 heavy (non-hydrogen) atoms. The van der Waals surface area contributed by atoms with Crippen molar-refractivity contribution in [2.24, 2.45) is 0 Å². The Bertz CT molecular complexity index is 361. The van der Waals surface area contributed by atoms with E-state index in [2.05, 4.69) is 0 Å². The quantitative estimate of drug-likeness (QED) is 0.685. The number of benzene rings is 1. The van der Waals surface area contributed by atoms with Crippen molar-refractivity contribution in [2.75, 3.05) is 0 Å². The van der Waals surface area contributed by atoms with Gasteiger partial charge in [-0.2, -0.15) is 0 Å². The average Bonchev–Trinajstić information content (AvgIpc) is 2.09. The molecule has 0 aliphatic carbocycles. The number of hydrogen-bond acceptors (Lipinski definition) is 2. The van der Waals surface area contributed by atoms with Crippen LogP contribution in [0.4, 0.5) is 0 Å². The maximum absolute atomic E-state index is 10.3. The Morgan fingerprint density at radius 1 is 1.36 bits per heavy atom. The van der Waals surface area contributed by atoms with Gasteiger partial charge in [-0.05, 0) is 32.4 Å². The van der Waals surface area contributed by atoms with Gasteiger partial charge >= 0.3 is 0 Å². The first-order valence-corrected chi connectivity index (χ1v) is 4.49. The summed E-state index contributed by atoms with van der Waals surface area (Å²) in [6, 6.07) is 5.79. The zero-order valence-corrected chi connectivity index (χ0v) is 8.70. The van der Waals surface area contributed by atoms with Crippen molar-refractivity contribution < 1.29 is 9.53 Å². The average molecular weight is 190 g/mol. The summed E-state index contributed by atoms with van der Waals surface area (Å²) in [5.74, 6) is 0.612. The van der Waals surface area contributed by atoms with Crippen molar-refractivity contribution in [2.45, 2.75) is 20.8 Å². The molecule has 0 aliphatic heterocycles. The van der Waals surface area contributed by atoms with Gasteiger partial charge in [-0.3, -0.25) is 4.79 Å². The van der Waals surface area contributed by atoms with Crippen molar-refractivity contribution in [3.8, 4) is 5.75 Å². The van der Waals surface area contributed by atoms with Gasteiger partial charge in [0, 0.05) is 5.56 Å². The molecule has 0 amide bonds. The Balaban J connectivity index is 3.14. The molecule has 2 heteroatoms. The van der Waals surface area contributed by atoms with Crippen LogP contribution >= 0.6 is 0 Å². The van der Waals surface area contributed by atoms with E-state index in [1.54, 1.807) is 0 Å². The molecule has 1 aromatic carbocycles. The Kier molecular flexibility index (Phi) is 3.46. The third-order valence-corrected chi connectivity index (χ3v) is 1.79. The minimum Gasteiger partial charge on any atom is -0.428 e. The molecule has 0 aromatic heterocycles. The van der Waals surface area contributed by atoms with Crippen molar-refractivity contribution in [3.63, 3.8) is 0 Å². The van der Waals surface area contributed by atoms with Crippen LogP contribution in [-0.4, -0.2) is 6.47 Å². The molecular formula is C12H14O2. The summed E-state index contributed by atoms with van der Waals surface area (Å²) in [6.07, 6.45) is 1.98. The monoisotopic (exact) mass is 190 g/mol. The molecule has 0 aliphatic rings. The van der Waals surface area contributed by atoms with E-state index in [0.29, 0.717) is 12.2 Å². The van der Waals surface area contributed by atoms with Crippen LogP contribution in [0.5, 0.6) is 5.75 Å². The Morgan fingerprint density at radius 2 is 2.07 bits per heavy atom. The van der Waals surface area contributed by atoms with E-state index in [0.717, 1.165) is 11.1 Å². The highest BCUT2D eigenvalue weighted by molar-refractivity contribution is 5.62. The lowest BCUT2D eigenvalue weighted by atomic mass is 10.1. The molecule has 0 N–H and O–H groups in total. The van der Waals surface area contributed by atoms with E-state index >= 15 is 0 Å². The molecule has 74 valence electrons. The number of carbonyl (C=O) groups excluding carboxylic acids is 1. The molecule has 0 atom stereocenters. The van der Waals surface area contributed by atoms with Gasteiger partial charge < -0.3 is 4.74 Å². The molecule has 0 bridgehead atoms. The predicted octanol–water partition coefficient (Wildman–Crippen LogP) is 2.95. The van der Waals surface area contributed by atoms with Crippen molar-refractivity contribution >= 4 is 12.5 Å².